The summed E-state index contributed by atoms with van der Waals surface area (Å²) in [5.41, 5.74) is 5.65. The van der Waals surface area contributed by atoms with Gasteiger partial charge in [-0.15, -0.1) is 0 Å². The predicted octanol–water partition coefficient (Wildman–Crippen LogP) is 5.29. The van der Waals surface area contributed by atoms with Gasteiger partial charge in [0.1, 0.15) is 0 Å². The molecule has 0 bridgehead atoms. The Balaban J connectivity index is 0.00000301. The van der Waals surface area contributed by atoms with Crippen LogP contribution in [0.1, 0.15) is 91.4 Å². The maximum Gasteiger partial charge on any atom is 0.00470 e. The van der Waals surface area contributed by atoms with Gasteiger partial charge >= 0.3 is 0 Å². The Bertz CT molecular complexity index is 250. The summed E-state index contributed by atoms with van der Waals surface area (Å²) < 4.78 is 0. The van der Waals surface area contributed by atoms with E-state index in [-0.39, 0.29) is 0 Å². The number of unbranched alkanes of at least 4 members (excludes halogenated alkanes) is 2. The van der Waals surface area contributed by atoms with Crippen molar-refractivity contribution >= 4 is 11.8 Å². The summed E-state index contributed by atoms with van der Waals surface area (Å²) in [5, 5.41) is 4.60. The fraction of sp³-hybridized carbons (Fsp3) is 1.00. The van der Waals surface area contributed by atoms with E-state index in [0.29, 0.717) is 0 Å². The first-order valence-electron chi connectivity index (χ1n) is 11.6. The Morgan fingerprint density at radius 3 is 2.23 bits per heavy atom. The summed E-state index contributed by atoms with van der Waals surface area (Å²) in [4.78, 5) is 2.61. The van der Waals surface area contributed by atoms with Gasteiger partial charge in [0.25, 0.3) is 0 Å². The standard InChI is InChI=1S/C20H43N3S.C2H6/c1-2-3-16-23(18-9-13-21)17-8-7-14-22-15-10-19-24-20-11-5-4-6-12-20;1-2/h20,22H,2-19,21H2,1H3;1-2H3. The second-order valence-corrected chi connectivity index (χ2v) is 8.69. The number of hydrogen-bond donors (Lipinski definition) is 2. The van der Waals surface area contributed by atoms with Crippen LogP contribution in [0.25, 0.3) is 0 Å². The lowest BCUT2D eigenvalue weighted by atomic mass is 10.0. The molecular weight excluding hydrogens is 338 g/mol. The summed E-state index contributed by atoms with van der Waals surface area (Å²) in [6.45, 7) is 13.2. The van der Waals surface area contributed by atoms with Gasteiger partial charge in [-0.1, -0.05) is 46.5 Å². The molecule has 4 heteroatoms. The zero-order valence-electron chi connectivity index (χ0n) is 18.2. The van der Waals surface area contributed by atoms with Crippen LogP contribution in [-0.2, 0) is 0 Å². The molecule has 0 aromatic rings. The van der Waals surface area contributed by atoms with E-state index in [0.717, 1.165) is 18.2 Å². The first kappa shape index (κ1) is 26.2. The highest BCUT2D eigenvalue weighted by Gasteiger charge is 2.12. The second kappa shape index (κ2) is 21.5. The molecule has 1 fully saturated rings. The molecule has 0 aliphatic heterocycles. The third-order valence-electron chi connectivity index (χ3n) is 4.99. The van der Waals surface area contributed by atoms with Crippen molar-refractivity contribution < 1.29 is 0 Å². The fourth-order valence-corrected chi connectivity index (χ4v) is 4.73. The maximum absolute atomic E-state index is 5.65. The van der Waals surface area contributed by atoms with Crippen LogP contribution >= 0.6 is 11.8 Å². The van der Waals surface area contributed by atoms with E-state index in [4.69, 9.17) is 5.73 Å². The number of nitrogens with two attached hydrogens (primary N) is 1. The number of thioether (sulfide) groups is 1. The van der Waals surface area contributed by atoms with E-state index in [2.05, 4.69) is 28.9 Å². The van der Waals surface area contributed by atoms with Crippen molar-refractivity contribution in [2.45, 2.75) is 96.7 Å². The number of rotatable bonds is 16. The van der Waals surface area contributed by atoms with Gasteiger partial charge in [0.2, 0.25) is 0 Å². The van der Waals surface area contributed by atoms with Gasteiger partial charge in [-0.25, -0.2) is 0 Å². The summed E-state index contributed by atoms with van der Waals surface area (Å²) >= 11 is 2.23. The van der Waals surface area contributed by atoms with E-state index in [1.807, 2.05) is 13.8 Å². The van der Waals surface area contributed by atoms with E-state index in [1.165, 1.54) is 103 Å². The van der Waals surface area contributed by atoms with E-state index >= 15 is 0 Å². The van der Waals surface area contributed by atoms with Crippen molar-refractivity contribution in [1.82, 2.24) is 10.2 Å². The van der Waals surface area contributed by atoms with Gasteiger partial charge in [0, 0.05) is 5.25 Å². The minimum absolute atomic E-state index is 0.822. The van der Waals surface area contributed by atoms with Crippen molar-refractivity contribution in [3.8, 4) is 0 Å². The van der Waals surface area contributed by atoms with Crippen LogP contribution in [0.4, 0.5) is 0 Å². The molecule has 1 aliphatic rings. The highest BCUT2D eigenvalue weighted by molar-refractivity contribution is 7.99. The van der Waals surface area contributed by atoms with Crippen LogP contribution in [0, 0.1) is 0 Å². The molecule has 0 aromatic carbocycles. The minimum Gasteiger partial charge on any atom is -0.330 e. The SMILES string of the molecule is CC.CCCCN(CCCN)CCCCNCCCSC1CCCCC1. The van der Waals surface area contributed by atoms with Gasteiger partial charge in [-0.2, -0.15) is 11.8 Å². The third kappa shape index (κ3) is 16.4. The molecule has 0 atom stereocenters. The van der Waals surface area contributed by atoms with Crippen LogP contribution in [0.5, 0.6) is 0 Å². The average molecular weight is 388 g/mol. The predicted molar refractivity (Wildman–Crippen MR) is 122 cm³/mol. The zero-order valence-corrected chi connectivity index (χ0v) is 19.1. The second-order valence-electron chi connectivity index (χ2n) is 7.28. The summed E-state index contributed by atoms with van der Waals surface area (Å²) in [6.07, 6.45) is 15.1. The van der Waals surface area contributed by atoms with Crippen LogP contribution in [0.2, 0.25) is 0 Å². The van der Waals surface area contributed by atoms with Crippen molar-refractivity contribution in [2.75, 3.05) is 45.0 Å². The third-order valence-corrected chi connectivity index (χ3v) is 6.46. The molecule has 158 valence electrons. The van der Waals surface area contributed by atoms with E-state index in [1.54, 1.807) is 0 Å². The Morgan fingerprint density at radius 1 is 0.885 bits per heavy atom. The summed E-state index contributed by atoms with van der Waals surface area (Å²) in [5.74, 6) is 1.35. The number of nitrogens with one attached hydrogen (secondary N) is 1. The Morgan fingerprint density at radius 2 is 1.54 bits per heavy atom. The first-order valence-corrected chi connectivity index (χ1v) is 12.7. The van der Waals surface area contributed by atoms with Gasteiger partial charge in [0.05, 0.1) is 0 Å². The topological polar surface area (TPSA) is 41.3 Å². The minimum atomic E-state index is 0.822. The first-order chi connectivity index (χ1) is 12.9. The molecule has 0 saturated heterocycles. The van der Waals surface area contributed by atoms with Crippen LogP contribution in [-0.4, -0.2) is 55.2 Å². The van der Waals surface area contributed by atoms with Crippen LogP contribution < -0.4 is 11.1 Å². The Labute approximate surface area is 169 Å². The number of hydrogen-bond acceptors (Lipinski definition) is 4. The van der Waals surface area contributed by atoms with E-state index < -0.39 is 0 Å². The van der Waals surface area contributed by atoms with Crippen LogP contribution in [0.15, 0.2) is 0 Å². The Kier molecular flexibility index (Phi) is 21.7. The van der Waals surface area contributed by atoms with Gasteiger partial charge in [0.15, 0.2) is 0 Å². The molecule has 0 aromatic heterocycles. The molecule has 0 heterocycles. The quantitative estimate of drug-likeness (QED) is 0.353. The lowest BCUT2D eigenvalue weighted by Crippen LogP contribution is -2.29. The highest BCUT2D eigenvalue weighted by atomic mass is 32.2. The van der Waals surface area contributed by atoms with Gasteiger partial charge in [-0.05, 0) is 90.0 Å². The molecule has 0 amide bonds. The van der Waals surface area contributed by atoms with Crippen molar-refractivity contribution in [1.29, 1.82) is 0 Å². The molecule has 3 N–H and O–H groups in total. The zero-order chi connectivity index (χ0) is 19.3. The molecule has 1 aliphatic carbocycles. The van der Waals surface area contributed by atoms with Crippen molar-refractivity contribution in [3.63, 3.8) is 0 Å². The summed E-state index contributed by atoms with van der Waals surface area (Å²) in [6, 6.07) is 0. The smallest absolute Gasteiger partial charge is 0.00470 e. The molecule has 26 heavy (non-hydrogen) atoms. The monoisotopic (exact) mass is 387 g/mol. The molecule has 0 unspecified atom stereocenters. The van der Waals surface area contributed by atoms with Gasteiger partial charge < -0.3 is 16.0 Å². The highest BCUT2D eigenvalue weighted by Crippen LogP contribution is 2.28. The molecule has 3 nitrogen and oxygen atoms in total. The van der Waals surface area contributed by atoms with Crippen LogP contribution in [0.3, 0.4) is 0 Å². The molecule has 1 rings (SSSR count). The van der Waals surface area contributed by atoms with Crippen molar-refractivity contribution in [2.24, 2.45) is 5.73 Å². The van der Waals surface area contributed by atoms with Gasteiger partial charge in [-0.3, -0.25) is 0 Å². The lowest BCUT2D eigenvalue weighted by molar-refractivity contribution is 0.262. The molecular formula is C22H49N3S. The lowest BCUT2D eigenvalue weighted by Gasteiger charge is -2.22. The fourth-order valence-electron chi connectivity index (χ4n) is 3.42. The molecule has 0 radical (unpaired) electrons. The van der Waals surface area contributed by atoms with Crippen molar-refractivity contribution in [3.05, 3.63) is 0 Å². The average Bonchev–Trinajstić information content (AvgIpc) is 2.70. The molecule has 0 spiro atoms. The van der Waals surface area contributed by atoms with E-state index in [9.17, 15) is 0 Å². The normalized spacial score (nSPS) is 15.1. The maximum atomic E-state index is 5.65. The molecule has 1 saturated carbocycles. The Hall–Kier alpha value is 0.230. The number of nitrogens with zero attached hydrogens (tertiary/aromatic N) is 1. The largest absolute Gasteiger partial charge is 0.330 e. The summed E-state index contributed by atoms with van der Waals surface area (Å²) in [7, 11) is 0.